The van der Waals surface area contributed by atoms with E-state index in [1.54, 1.807) is 0 Å². The number of hydrogen-bond acceptors (Lipinski definition) is 2. The van der Waals surface area contributed by atoms with Crippen LogP contribution in [0.5, 0.6) is 0 Å². The highest BCUT2D eigenvalue weighted by atomic mass is 15.2. The lowest BCUT2D eigenvalue weighted by molar-refractivity contribution is 0.710. The maximum absolute atomic E-state index is 4.24. The Bertz CT molecular complexity index is 569. The molecule has 0 saturated carbocycles. The van der Waals surface area contributed by atoms with Crippen molar-refractivity contribution < 1.29 is 0 Å². The molecule has 0 unspecified atom stereocenters. The van der Waals surface area contributed by atoms with Crippen molar-refractivity contribution in [3.05, 3.63) is 36.2 Å². The molecule has 2 heterocycles. The number of anilines is 1. The van der Waals surface area contributed by atoms with Crippen molar-refractivity contribution in [3.8, 4) is 11.1 Å². The molecular weight excluding hydrogens is 222 g/mol. The number of hydrogen-bond donors (Lipinski definition) is 0. The molecule has 3 heteroatoms. The van der Waals surface area contributed by atoms with Gasteiger partial charge in [0.2, 0.25) is 0 Å². The van der Waals surface area contributed by atoms with Gasteiger partial charge < -0.3 is 4.90 Å². The molecule has 0 atom stereocenters. The molecule has 94 valence electrons. The van der Waals surface area contributed by atoms with E-state index in [1.807, 2.05) is 17.9 Å². The molecule has 18 heavy (non-hydrogen) atoms. The van der Waals surface area contributed by atoms with Crippen LogP contribution in [0.25, 0.3) is 11.1 Å². The molecule has 0 radical (unpaired) electrons. The van der Waals surface area contributed by atoms with Gasteiger partial charge >= 0.3 is 0 Å². The number of benzene rings is 1. The highest BCUT2D eigenvalue weighted by Gasteiger charge is 2.21. The molecule has 3 rings (SSSR count). The summed E-state index contributed by atoms with van der Waals surface area (Å²) < 4.78 is 1.85. The minimum absolute atomic E-state index is 0.579. The van der Waals surface area contributed by atoms with Crippen LogP contribution in [0.4, 0.5) is 5.69 Å². The molecule has 0 aliphatic carbocycles. The van der Waals surface area contributed by atoms with Crippen LogP contribution in [-0.2, 0) is 13.5 Å². The molecule has 0 amide bonds. The van der Waals surface area contributed by atoms with Crippen molar-refractivity contribution in [3.63, 3.8) is 0 Å². The van der Waals surface area contributed by atoms with Gasteiger partial charge in [-0.3, -0.25) is 4.68 Å². The van der Waals surface area contributed by atoms with E-state index in [0.717, 1.165) is 13.0 Å². The van der Waals surface area contributed by atoms with Gasteiger partial charge in [0, 0.05) is 37.1 Å². The number of rotatable bonds is 2. The third-order valence-corrected chi connectivity index (χ3v) is 3.67. The van der Waals surface area contributed by atoms with Crippen molar-refractivity contribution in [2.24, 2.45) is 7.05 Å². The fourth-order valence-electron chi connectivity index (χ4n) is 2.71. The number of nitrogens with zero attached hydrogens (tertiary/aromatic N) is 3. The highest BCUT2D eigenvalue weighted by Crippen LogP contribution is 2.33. The van der Waals surface area contributed by atoms with Gasteiger partial charge in [0.05, 0.1) is 6.20 Å². The van der Waals surface area contributed by atoms with E-state index in [1.165, 1.54) is 22.4 Å². The normalized spacial score (nSPS) is 14.3. The molecule has 1 aromatic heterocycles. The Morgan fingerprint density at radius 1 is 1.22 bits per heavy atom. The van der Waals surface area contributed by atoms with Gasteiger partial charge in [0.1, 0.15) is 0 Å². The predicted octanol–water partition coefficient (Wildman–Crippen LogP) is 2.86. The Labute approximate surface area is 108 Å². The fourth-order valence-corrected chi connectivity index (χ4v) is 2.71. The van der Waals surface area contributed by atoms with Gasteiger partial charge in [-0.1, -0.05) is 6.07 Å². The van der Waals surface area contributed by atoms with Crippen LogP contribution in [0, 0.1) is 0 Å². The van der Waals surface area contributed by atoms with E-state index in [0.29, 0.717) is 6.04 Å². The average Bonchev–Trinajstić information content (AvgIpc) is 2.93. The second kappa shape index (κ2) is 4.16. The Morgan fingerprint density at radius 3 is 2.72 bits per heavy atom. The van der Waals surface area contributed by atoms with Crippen LogP contribution >= 0.6 is 0 Å². The van der Waals surface area contributed by atoms with Crippen molar-refractivity contribution in [2.45, 2.75) is 26.3 Å². The molecule has 0 N–H and O–H groups in total. The average molecular weight is 241 g/mol. The molecule has 0 spiro atoms. The van der Waals surface area contributed by atoms with E-state index in [-0.39, 0.29) is 0 Å². The second-order valence-electron chi connectivity index (χ2n) is 5.28. The lowest BCUT2D eigenvalue weighted by Crippen LogP contribution is -2.28. The molecule has 0 bridgehead atoms. The second-order valence-corrected chi connectivity index (χ2v) is 5.28. The van der Waals surface area contributed by atoms with E-state index >= 15 is 0 Å². The first-order chi connectivity index (χ1) is 8.65. The first-order valence-electron chi connectivity index (χ1n) is 6.54. The Morgan fingerprint density at radius 2 is 2.06 bits per heavy atom. The zero-order chi connectivity index (χ0) is 12.7. The van der Waals surface area contributed by atoms with E-state index < -0.39 is 0 Å². The zero-order valence-corrected chi connectivity index (χ0v) is 11.2. The lowest BCUT2D eigenvalue weighted by atomic mass is 10.0. The summed E-state index contributed by atoms with van der Waals surface area (Å²) in [4.78, 5) is 2.47. The largest absolute Gasteiger partial charge is 0.369 e. The van der Waals surface area contributed by atoms with Crippen molar-refractivity contribution in [1.82, 2.24) is 9.78 Å². The first-order valence-corrected chi connectivity index (χ1v) is 6.54. The van der Waals surface area contributed by atoms with Crippen LogP contribution in [-0.4, -0.2) is 22.4 Å². The fraction of sp³-hybridized carbons (Fsp3) is 0.400. The Kier molecular flexibility index (Phi) is 2.62. The molecule has 1 aromatic carbocycles. The molecule has 2 aromatic rings. The SMILES string of the molecule is CC(C)N1CCc2cc(-c3cnn(C)c3)ccc21. The van der Waals surface area contributed by atoms with Gasteiger partial charge in [0.25, 0.3) is 0 Å². The van der Waals surface area contributed by atoms with Crippen LogP contribution in [0.1, 0.15) is 19.4 Å². The van der Waals surface area contributed by atoms with Crippen LogP contribution in [0.15, 0.2) is 30.6 Å². The first kappa shape index (κ1) is 11.3. The summed E-state index contributed by atoms with van der Waals surface area (Å²) in [6.07, 6.45) is 5.15. The van der Waals surface area contributed by atoms with Gasteiger partial charge in [-0.05, 0) is 43.5 Å². The van der Waals surface area contributed by atoms with Gasteiger partial charge in [-0.15, -0.1) is 0 Å². The molecule has 1 aliphatic rings. The summed E-state index contributed by atoms with van der Waals surface area (Å²) in [7, 11) is 1.96. The predicted molar refractivity (Wildman–Crippen MR) is 74.8 cm³/mol. The number of aryl methyl sites for hydroxylation is 1. The topological polar surface area (TPSA) is 21.1 Å². The van der Waals surface area contributed by atoms with Gasteiger partial charge in [-0.25, -0.2) is 0 Å². The quantitative estimate of drug-likeness (QED) is 0.806. The third-order valence-electron chi connectivity index (χ3n) is 3.67. The zero-order valence-electron chi connectivity index (χ0n) is 11.2. The summed E-state index contributed by atoms with van der Waals surface area (Å²) in [6, 6.07) is 7.35. The van der Waals surface area contributed by atoms with Crippen molar-refractivity contribution in [1.29, 1.82) is 0 Å². The highest BCUT2D eigenvalue weighted by molar-refractivity contribution is 5.70. The Balaban J connectivity index is 1.98. The monoisotopic (exact) mass is 241 g/mol. The minimum Gasteiger partial charge on any atom is -0.369 e. The van der Waals surface area contributed by atoms with Crippen LogP contribution in [0.2, 0.25) is 0 Å². The third kappa shape index (κ3) is 1.80. The molecule has 0 saturated heterocycles. The standard InChI is InChI=1S/C15H19N3/c1-11(2)18-7-6-13-8-12(4-5-15(13)18)14-9-16-17(3)10-14/h4-5,8-11H,6-7H2,1-3H3. The lowest BCUT2D eigenvalue weighted by Gasteiger charge is -2.24. The van der Waals surface area contributed by atoms with Crippen LogP contribution in [0.3, 0.4) is 0 Å². The van der Waals surface area contributed by atoms with Crippen LogP contribution < -0.4 is 4.90 Å². The van der Waals surface area contributed by atoms with Crippen molar-refractivity contribution >= 4 is 5.69 Å². The van der Waals surface area contributed by atoms with E-state index in [4.69, 9.17) is 0 Å². The smallest absolute Gasteiger partial charge is 0.0568 e. The summed E-state index contributed by atoms with van der Waals surface area (Å²) in [5.41, 5.74) is 5.33. The molecular formula is C15H19N3. The van der Waals surface area contributed by atoms with Gasteiger partial charge in [0.15, 0.2) is 0 Å². The molecule has 3 nitrogen and oxygen atoms in total. The number of aromatic nitrogens is 2. The summed E-state index contributed by atoms with van der Waals surface area (Å²) >= 11 is 0. The minimum atomic E-state index is 0.579. The van der Waals surface area contributed by atoms with Crippen molar-refractivity contribution in [2.75, 3.05) is 11.4 Å². The summed E-state index contributed by atoms with van der Waals surface area (Å²) in [5, 5.41) is 4.24. The molecule has 1 aliphatic heterocycles. The summed E-state index contributed by atoms with van der Waals surface area (Å²) in [5.74, 6) is 0. The van der Waals surface area contributed by atoms with E-state index in [2.05, 4.69) is 48.2 Å². The maximum Gasteiger partial charge on any atom is 0.0568 e. The van der Waals surface area contributed by atoms with Gasteiger partial charge in [-0.2, -0.15) is 5.10 Å². The summed E-state index contributed by atoms with van der Waals surface area (Å²) in [6.45, 7) is 5.65. The maximum atomic E-state index is 4.24. The number of fused-ring (bicyclic) bond motifs is 1. The molecule has 0 fully saturated rings. The Hall–Kier alpha value is -1.77. The van der Waals surface area contributed by atoms with E-state index in [9.17, 15) is 0 Å².